The molecule has 0 saturated carbocycles. The number of benzene rings is 3. The quantitative estimate of drug-likeness (QED) is 0.469. The van der Waals surface area contributed by atoms with Crippen molar-refractivity contribution < 1.29 is 14.3 Å². The van der Waals surface area contributed by atoms with Crippen LogP contribution < -0.4 is 14.9 Å². The molecular weight excluding hydrogens is 352 g/mol. The summed E-state index contributed by atoms with van der Waals surface area (Å²) in [7, 11) is 0. The Hall–Kier alpha value is -3.60. The number of hydrazone groups is 1. The summed E-state index contributed by atoms with van der Waals surface area (Å²) in [6.07, 6.45) is 1.57. The number of carbonyl (C=O) groups is 1. The average molecular weight is 374 g/mol. The predicted molar refractivity (Wildman–Crippen MR) is 110 cm³/mol. The lowest BCUT2D eigenvalue weighted by Gasteiger charge is -2.09. The highest BCUT2D eigenvalue weighted by Gasteiger charge is 2.10. The molecule has 3 aromatic carbocycles. The standard InChI is InChI=1S/C23H22N2O3/c1-2-27-22-15-9-7-13-20(22)23(26)25-24-16-19-12-6-8-14-21(19)28-17-18-10-4-3-5-11-18/h3-16H,2,17H2,1H3,(H,25,26)/b24-16+. The third kappa shape index (κ3) is 5.20. The minimum atomic E-state index is -0.331. The number of amides is 1. The van der Waals surface area contributed by atoms with Crippen LogP contribution in [-0.2, 0) is 6.61 Å². The number of rotatable bonds is 8. The van der Waals surface area contributed by atoms with Crippen LogP contribution in [0.15, 0.2) is 84.0 Å². The molecule has 5 nitrogen and oxygen atoms in total. The topological polar surface area (TPSA) is 59.9 Å². The van der Waals surface area contributed by atoms with Gasteiger partial charge in [0.2, 0.25) is 0 Å². The van der Waals surface area contributed by atoms with Crippen LogP contribution in [0.1, 0.15) is 28.4 Å². The van der Waals surface area contributed by atoms with Gasteiger partial charge in [-0.1, -0.05) is 54.6 Å². The molecular formula is C23H22N2O3. The Morgan fingerprint density at radius 2 is 1.57 bits per heavy atom. The Bertz CT molecular complexity index is 939. The van der Waals surface area contributed by atoms with Crippen molar-refractivity contribution in [1.82, 2.24) is 5.43 Å². The van der Waals surface area contributed by atoms with E-state index in [1.807, 2.05) is 67.6 Å². The molecule has 0 spiro atoms. The van der Waals surface area contributed by atoms with Crippen molar-refractivity contribution in [3.63, 3.8) is 0 Å². The number of hydrogen-bond acceptors (Lipinski definition) is 4. The Morgan fingerprint density at radius 3 is 2.36 bits per heavy atom. The highest BCUT2D eigenvalue weighted by molar-refractivity contribution is 5.97. The van der Waals surface area contributed by atoms with E-state index in [0.717, 1.165) is 11.1 Å². The Morgan fingerprint density at radius 1 is 0.893 bits per heavy atom. The molecule has 0 aliphatic carbocycles. The number of ether oxygens (including phenoxy) is 2. The van der Waals surface area contributed by atoms with Crippen LogP contribution in [-0.4, -0.2) is 18.7 Å². The molecule has 3 aromatic rings. The normalized spacial score (nSPS) is 10.6. The van der Waals surface area contributed by atoms with Gasteiger partial charge in [-0.3, -0.25) is 4.79 Å². The van der Waals surface area contributed by atoms with Crippen LogP contribution in [0.3, 0.4) is 0 Å². The Kier molecular flexibility index (Phi) is 6.79. The second-order valence-corrected chi connectivity index (χ2v) is 5.94. The molecule has 0 fully saturated rings. The van der Waals surface area contributed by atoms with E-state index in [2.05, 4.69) is 10.5 Å². The average Bonchev–Trinajstić information content (AvgIpc) is 2.74. The van der Waals surface area contributed by atoms with Crippen molar-refractivity contribution >= 4 is 12.1 Å². The van der Waals surface area contributed by atoms with Crippen molar-refractivity contribution in [2.45, 2.75) is 13.5 Å². The second kappa shape index (κ2) is 9.92. The lowest BCUT2D eigenvalue weighted by molar-refractivity contribution is 0.0951. The fraction of sp³-hybridized carbons (Fsp3) is 0.130. The van der Waals surface area contributed by atoms with E-state index < -0.39 is 0 Å². The fourth-order valence-corrected chi connectivity index (χ4v) is 2.61. The maximum Gasteiger partial charge on any atom is 0.275 e. The monoisotopic (exact) mass is 374 g/mol. The van der Waals surface area contributed by atoms with Crippen LogP contribution in [0.2, 0.25) is 0 Å². The van der Waals surface area contributed by atoms with Crippen LogP contribution >= 0.6 is 0 Å². The van der Waals surface area contributed by atoms with Gasteiger partial charge in [-0.2, -0.15) is 5.10 Å². The summed E-state index contributed by atoms with van der Waals surface area (Å²) >= 11 is 0. The van der Waals surface area contributed by atoms with E-state index in [9.17, 15) is 4.79 Å². The first-order valence-corrected chi connectivity index (χ1v) is 9.09. The van der Waals surface area contributed by atoms with Gasteiger partial charge in [0, 0.05) is 5.56 Å². The summed E-state index contributed by atoms with van der Waals surface area (Å²) in [5.41, 5.74) is 4.84. The third-order valence-electron chi connectivity index (χ3n) is 3.96. The van der Waals surface area contributed by atoms with Crippen molar-refractivity contribution in [1.29, 1.82) is 0 Å². The molecule has 0 aliphatic rings. The van der Waals surface area contributed by atoms with Gasteiger partial charge in [0.05, 0.1) is 18.4 Å². The summed E-state index contributed by atoms with van der Waals surface area (Å²) in [4.78, 5) is 12.4. The van der Waals surface area contributed by atoms with E-state index in [0.29, 0.717) is 30.3 Å². The first kappa shape index (κ1) is 19.2. The van der Waals surface area contributed by atoms with Gasteiger partial charge in [0.15, 0.2) is 0 Å². The molecule has 0 aliphatic heterocycles. The van der Waals surface area contributed by atoms with Gasteiger partial charge in [-0.15, -0.1) is 0 Å². The number of nitrogens with one attached hydrogen (secondary N) is 1. The lowest BCUT2D eigenvalue weighted by atomic mass is 10.2. The highest BCUT2D eigenvalue weighted by atomic mass is 16.5. The molecule has 1 N–H and O–H groups in total. The second-order valence-electron chi connectivity index (χ2n) is 5.94. The summed E-state index contributed by atoms with van der Waals surface area (Å²) in [6.45, 7) is 2.82. The first-order chi connectivity index (χ1) is 13.8. The molecule has 1 amide bonds. The molecule has 5 heteroatoms. The highest BCUT2D eigenvalue weighted by Crippen LogP contribution is 2.19. The van der Waals surface area contributed by atoms with Crippen LogP contribution in [0, 0.1) is 0 Å². The maximum absolute atomic E-state index is 12.4. The lowest BCUT2D eigenvalue weighted by Crippen LogP contribution is -2.18. The van der Waals surface area contributed by atoms with Gasteiger partial charge >= 0.3 is 0 Å². The largest absolute Gasteiger partial charge is 0.493 e. The smallest absolute Gasteiger partial charge is 0.275 e. The van der Waals surface area contributed by atoms with Crippen LogP contribution in [0.25, 0.3) is 0 Å². The zero-order valence-electron chi connectivity index (χ0n) is 15.7. The SMILES string of the molecule is CCOc1ccccc1C(=O)N/N=C/c1ccccc1OCc1ccccc1. The van der Waals surface area contributed by atoms with Crippen molar-refractivity contribution in [3.8, 4) is 11.5 Å². The molecule has 0 atom stereocenters. The molecule has 0 unspecified atom stereocenters. The van der Waals surface area contributed by atoms with E-state index >= 15 is 0 Å². The zero-order chi connectivity index (χ0) is 19.6. The number of carbonyl (C=O) groups excluding carboxylic acids is 1. The molecule has 0 saturated heterocycles. The van der Waals surface area contributed by atoms with Gasteiger partial charge in [-0.05, 0) is 36.8 Å². The maximum atomic E-state index is 12.4. The Balaban J connectivity index is 1.65. The number of nitrogens with zero attached hydrogens (tertiary/aromatic N) is 1. The molecule has 142 valence electrons. The molecule has 0 radical (unpaired) electrons. The van der Waals surface area contributed by atoms with Gasteiger partial charge in [-0.25, -0.2) is 5.43 Å². The van der Waals surface area contributed by atoms with E-state index in [4.69, 9.17) is 9.47 Å². The van der Waals surface area contributed by atoms with Crippen LogP contribution in [0.5, 0.6) is 11.5 Å². The van der Waals surface area contributed by atoms with E-state index in [-0.39, 0.29) is 5.91 Å². The minimum absolute atomic E-state index is 0.331. The summed E-state index contributed by atoms with van der Waals surface area (Å²) < 4.78 is 11.4. The summed E-state index contributed by atoms with van der Waals surface area (Å²) in [6, 6.07) is 24.5. The predicted octanol–water partition coefficient (Wildman–Crippen LogP) is 4.43. The van der Waals surface area contributed by atoms with Gasteiger partial charge in [0.25, 0.3) is 5.91 Å². The zero-order valence-corrected chi connectivity index (χ0v) is 15.7. The van der Waals surface area contributed by atoms with Crippen molar-refractivity contribution in [2.24, 2.45) is 5.10 Å². The first-order valence-electron chi connectivity index (χ1n) is 9.09. The van der Waals surface area contributed by atoms with Crippen molar-refractivity contribution in [2.75, 3.05) is 6.61 Å². The van der Waals surface area contributed by atoms with E-state index in [1.54, 1.807) is 24.4 Å². The third-order valence-corrected chi connectivity index (χ3v) is 3.96. The Labute approximate surface area is 164 Å². The van der Waals surface area contributed by atoms with Gasteiger partial charge < -0.3 is 9.47 Å². The van der Waals surface area contributed by atoms with Crippen LogP contribution in [0.4, 0.5) is 0 Å². The molecule has 0 aromatic heterocycles. The van der Waals surface area contributed by atoms with E-state index in [1.165, 1.54) is 0 Å². The molecule has 0 bridgehead atoms. The van der Waals surface area contributed by atoms with Gasteiger partial charge in [0.1, 0.15) is 18.1 Å². The number of para-hydroxylation sites is 2. The summed E-state index contributed by atoms with van der Waals surface area (Å²) in [5.74, 6) is 0.895. The van der Waals surface area contributed by atoms with Crippen molar-refractivity contribution in [3.05, 3.63) is 95.6 Å². The minimum Gasteiger partial charge on any atom is -0.493 e. The summed E-state index contributed by atoms with van der Waals surface area (Å²) in [5, 5.41) is 4.07. The number of hydrogen-bond donors (Lipinski definition) is 1. The molecule has 3 rings (SSSR count). The molecule has 28 heavy (non-hydrogen) atoms. The molecule has 0 heterocycles. The fourth-order valence-electron chi connectivity index (χ4n) is 2.61.